The lowest BCUT2D eigenvalue weighted by atomic mass is 9.82. The van der Waals surface area contributed by atoms with E-state index in [0.717, 1.165) is 38.5 Å². The zero-order valence-electron chi connectivity index (χ0n) is 18.8. The van der Waals surface area contributed by atoms with Crippen LogP contribution in [0.3, 0.4) is 0 Å². The molecule has 0 saturated heterocycles. The average Bonchev–Trinajstić information content (AvgIpc) is 2.64. The van der Waals surface area contributed by atoms with Crippen LogP contribution in [-0.4, -0.2) is 24.1 Å². The van der Waals surface area contributed by atoms with Gasteiger partial charge < -0.3 is 9.47 Å². The fraction of sp³-hybridized carbons (Fsp3) is 0.913. The summed E-state index contributed by atoms with van der Waals surface area (Å²) in [6.07, 6.45) is 11.4. The highest BCUT2D eigenvalue weighted by Crippen LogP contribution is 2.32. The van der Waals surface area contributed by atoms with Gasteiger partial charge >= 0.3 is 11.9 Å². The number of unbranched alkanes of at least 4 members (excludes halogenated alkanes) is 6. The second-order valence-electron chi connectivity index (χ2n) is 7.92. The number of carbonyl (C=O) groups is 2. The third kappa shape index (κ3) is 9.62. The number of hydrogen-bond acceptors (Lipinski definition) is 4. The molecule has 0 aromatic carbocycles. The van der Waals surface area contributed by atoms with Gasteiger partial charge in [0.15, 0.2) is 5.41 Å². The van der Waals surface area contributed by atoms with E-state index in [1.54, 1.807) is 0 Å². The Bertz CT molecular complexity index is 367. The molecule has 2 unspecified atom stereocenters. The summed E-state index contributed by atoms with van der Waals surface area (Å²) in [6, 6.07) is 0. The molecule has 0 aliphatic heterocycles. The van der Waals surface area contributed by atoms with Gasteiger partial charge in [0.2, 0.25) is 0 Å². The first kappa shape index (κ1) is 25.9. The maximum Gasteiger partial charge on any atom is 0.323 e. The largest absolute Gasteiger partial charge is 0.462 e. The van der Waals surface area contributed by atoms with Crippen molar-refractivity contribution in [1.82, 2.24) is 0 Å². The summed E-state index contributed by atoms with van der Waals surface area (Å²) in [5.74, 6) is -0.836. The molecule has 0 aromatic rings. The fourth-order valence-electron chi connectivity index (χ4n) is 3.34. The molecule has 4 heteroatoms. The normalized spacial score (nSPS) is 13.9. The van der Waals surface area contributed by atoms with E-state index in [1.165, 1.54) is 25.7 Å². The Hall–Kier alpha value is -1.06. The Morgan fingerprint density at radius 3 is 1.33 bits per heavy atom. The summed E-state index contributed by atoms with van der Waals surface area (Å²) in [5, 5.41) is 0. The lowest BCUT2D eigenvalue weighted by molar-refractivity contribution is -0.179. The van der Waals surface area contributed by atoms with Crippen molar-refractivity contribution in [2.45, 2.75) is 131 Å². The molecule has 0 bridgehead atoms. The number of carbonyl (C=O) groups excluding carboxylic acids is 2. The van der Waals surface area contributed by atoms with Crippen molar-refractivity contribution < 1.29 is 19.1 Å². The van der Waals surface area contributed by atoms with E-state index in [9.17, 15) is 9.59 Å². The highest BCUT2D eigenvalue weighted by Gasteiger charge is 2.46. The second-order valence-corrected chi connectivity index (χ2v) is 7.92. The minimum absolute atomic E-state index is 0.161. The SMILES string of the molecule is CCCCCCC(C)OC(=O)C(CC)(CC)C(=O)OC(C)CCCCCC. The molecule has 27 heavy (non-hydrogen) atoms. The van der Waals surface area contributed by atoms with E-state index in [4.69, 9.17) is 9.47 Å². The number of esters is 2. The Morgan fingerprint density at radius 2 is 1.04 bits per heavy atom. The average molecular weight is 385 g/mol. The van der Waals surface area contributed by atoms with Crippen LogP contribution in [0.5, 0.6) is 0 Å². The van der Waals surface area contributed by atoms with Crippen LogP contribution < -0.4 is 0 Å². The first-order valence-corrected chi connectivity index (χ1v) is 11.3. The van der Waals surface area contributed by atoms with E-state index in [-0.39, 0.29) is 12.2 Å². The molecule has 0 spiro atoms. The van der Waals surface area contributed by atoms with Crippen LogP contribution in [0.4, 0.5) is 0 Å². The molecule has 0 rings (SSSR count). The summed E-state index contributed by atoms with van der Waals surface area (Å²) < 4.78 is 11.3. The predicted molar refractivity (Wildman–Crippen MR) is 112 cm³/mol. The molecule has 2 atom stereocenters. The first-order valence-electron chi connectivity index (χ1n) is 11.3. The summed E-state index contributed by atoms with van der Waals surface area (Å²) in [6.45, 7) is 11.9. The van der Waals surface area contributed by atoms with E-state index >= 15 is 0 Å². The van der Waals surface area contributed by atoms with Gasteiger partial charge in [-0.3, -0.25) is 9.59 Å². The monoisotopic (exact) mass is 384 g/mol. The van der Waals surface area contributed by atoms with Crippen molar-refractivity contribution in [3.63, 3.8) is 0 Å². The molecule has 0 aromatic heterocycles. The number of hydrogen-bond donors (Lipinski definition) is 0. The third-order valence-electron chi connectivity index (χ3n) is 5.53. The van der Waals surface area contributed by atoms with Crippen molar-refractivity contribution >= 4 is 11.9 Å². The van der Waals surface area contributed by atoms with Crippen LogP contribution >= 0.6 is 0 Å². The zero-order chi connectivity index (χ0) is 20.7. The number of rotatable bonds is 16. The molecule has 0 heterocycles. The van der Waals surface area contributed by atoms with Crippen molar-refractivity contribution in [2.24, 2.45) is 5.41 Å². The maximum absolute atomic E-state index is 12.8. The van der Waals surface area contributed by atoms with Crippen LogP contribution in [0.1, 0.15) is 119 Å². The van der Waals surface area contributed by atoms with Crippen LogP contribution in [0, 0.1) is 5.41 Å². The molecule has 0 N–H and O–H groups in total. The molecule has 0 amide bonds. The van der Waals surface area contributed by atoms with Gasteiger partial charge in [-0.05, 0) is 52.4 Å². The molecule has 160 valence electrons. The maximum atomic E-state index is 12.8. The summed E-state index contributed by atoms with van der Waals surface area (Å²) in [7, 11) is 0. The molecular formula is C23H44O4. The van der Waals surface area contributed by atoms with Gasteiger partial charge in [0.1, 0.15) is 0 Å². The topological polar surface area (TPSA) is 52.6 Å². The van der Waals surface area contributed by atoms with Gasteiger partial charge in [-0.25, -0.2) is 0 Å². The van der Waals surface area contributed by atoms with E-state index < -0.39 is 17.4 Å². The molecule has 0 radical (unpaired) electrons. The van der Waals surface area contributed by atoms with Gasteiger partial charge in [0.25, 0.3) is 0 Å². The van der Waals surface area contributed by atoms with Crippen LogP contribution in [0.15, 0.2) is 0 Å². The smallest absolute Gasteiger partial charge is 0.323 e. The molecule has 0 aliphatic carbocycles. The van der Waals surface area contributed by atoms with Gasteiger partial charge in [0, 0.05) is 0 Å². The Labute approximate surface area is 167 Å². The zero-order valence-corrected chi connectivity index (χ0v) is 18.8. The highest BCUT2D eigenvalue weighted by atomic mass is 16.6. The Balaban J connectivity index is 4.68. The second kappa shape index (κ2) is 14.9. The van der Waals surface area contributed by atoms with Gasteiger partial charge in [-0.2, -0.15) is 0 Å². The quantitative estimate of drug-likeness (QED) is 0.171. The van der Waals surface area contributed by atoms with Crippen LogP contribution in [0.2, 0.25) is 0 Å². The Morgan fingerprint density at radius 1 is 0.667 bits per heavy atom. The lowest BCUT2D eigenvalue weighted by Crippen LogP contribution is -2.43. The standard InChI is InChI=1S/C23H44O4/c1-7-11-13-15-17-19(5)26-21(24)23(9-3,10-4)22(25)27-20(6)18-16-14-12-8-2/h19-20H,7-18H2,1-6H3. The molecule has 0 aliphatic rings. The molecule has 4 nitrogen and oxygen atoms in total. The summed E-state index contributed by atoms with van der Waals surface area (Å²) >= 11 is 0. The van der Waals surface area contributed by atoms with Gasteiger partial charge in [-0.1, -0.05) is 66.2 Å². The molecular weight excluding hydrogens is 340 g/mol. The van der Waals surface area contributed by atoms with E-state index in [1.807, 2.05) is 27.7 Å². The van der Waals surface area contributed by atoms with Crippen molar-refractivity contribution in [2.75, 3.05) is 0 Å². The number of ether oxygens (including phenoxy) is 2. The van der Waals surface area contributed by atoms with Crippen molar-refractivity contribution in [3.8, 4) is 0 Å². The highest BCUT2D eigenvalue weighted by molar-refractivity contribution is 6.00. The molecule has 0 fully saturated rings. The van der Waals surface area contributed by atoms with Crippen LogP contribution in [-0.2, 0) is 19.1 Å². The predicted octanol–water partition coefficient (Wildman–Crippen LogP) is 6.60. The molecule has 0 saturated carbocycles. The third-order valence-corrected chi connectivity index (χ3v) is 5.53. The summed E-state index contributed by atoms with van der Waals surface area (Å²) in [5.41, 5.74) is -1.17. The fourth-order valence-corrected chi connectivity index (χ4v) is 3.34. The van der Waals surface area contributed by atoms with E-state index in [0.29, 0.717) is 12.8 Å². The van der Waals surface area contributed by atoms with Gasteiger partial charge in [-0.15, -0.1) is 0 Å². The lowest BCUT2D eigenvalue weighted by Gasteiger charge is -2.30. The van der Waals surface area contributed by atoms with Crippen molar-refractivity contribution in [1.29, 1.82) is 0 Å². The van der Waals surface area contributed by atoms with Crippen LogP contribution in [0.25, 0.3) is 0 Å². The minimum Gasteiger partial charge on any atom is -0.462 e. The summed E-state index contributed by atoms with van der Waals surface area (Å²) in [4.78, 5) is 25.7. The van der Waals surface area contributed by atoms with Crippen molar-refractivity contribution in [3.05, 3.63) is 0 Å². The first-order chi connectivity index (χ1) is 12.9. The van der Waals surface area contributed by atoms with E-state index in [2.05, 4.69) is 13.8 Å². The minimum atomic E-state index is -1.17. The van der Waals surface area contributed by atoms with Gasteiger partial charge in [0.05, 0.1) is 12.2 Å². The Kier molecular flexibility index (Phi) is 14.3.